The Balaban J connectivity index is 1.83. The van der Waals surface area contributed by atoms with Crippen molar-refractivity contribution in [1.82, 2.24) is 14.9 Å². The number of carbonyl (C=O) groups excluding carboxylic acids is 1. The van der Waals surface area contributed by atoms with Crippen LogP contribution >= 0.6 is 0 Å². The van der Waals surface area contributed by atoms with Crippen molar-refractivity contribution in [3.05, 3.63) is 53.6 Å². The molecule has 1 amide bonds. The molecule has 4 nitrogen and oxygen atoms in total. The van der Waals surface area contributed by atoms with Crippen LogP contribution in [0.4, 0.5) is 0 Å². The average Bonchev–Trinajstić information content (AvgIpc) is 2.81. The summed E-state index contributed by atoms with van der Waals surface area (Å²) in [6.45, 7) is 6.97. The Morgan fingerprint density at radius 1 is 1.29 bits per heavy atom. The molecule has 21 heavy (non-hydrogen) atoms. The first-order valence-electron chi connectivity index (χ1n) is 7.41. The molecule has 1 N–H and O–H groups in total. The zero-order chi connectivity index (χ0) is 15.2. The van der Waals surface area contributed by atoms with Gasteiger partial charge in [0.25, 0.3) is 0 Å². The molecule has 1 aromatic heterocycles. The van der Waals surface area contributed by atoms with Gasteiger partial charge in [-0.15, -0.1) is 0 Å². The second kappa shape index (κ2) is 7.07. The molecule has 0 spiro atoms. The molecule has 2 aromatic rings. The van der Waals surface area contributed by atoms with E-state index in [1.807, 2.05) is 36.5 Å². The lowest BCUT2D eigenvalue weighted by Crippen LogP contribution is -2.28. The largest absolute Gasteiger partial charge is 0.355 e. The van der Waals surface area contributed by atoms with E-state index in [-0.39, 0.29) is 5.91 Å². The molecule has 0 unspecified atom stereocenters. The highest BCUT2D eigenvalue weighted by atomic mass is 16.1. The fourth-order valence-electron chi connectivity index (χ4n) is 2.54. The van der Waals surface area contributed by atoms with Gasteiger partial charge in [-0.1, -0.05) is 30.3 Å². The fourth-order valence-corrected chi connectivity index (χ4v) is 2.54. The first-order chi connectivity index (χ1) is 10.1. The van der Waals surface area contributed by atoms with Gasteiger partial charge in [-0.25, -0.2) is 4.98 Å². The smallest absolute Gasteiger partial charge is 0.224 e. The Kier molecular flexibility index (Phi) is 5.14. The minimum Gasteiger partial charge on any atom is -0.355 e. The molecule has 0 saturated heterocycles. The monoisotopic (exact) mass is 285 g/mol. The van der Waals surface area contributed by atoms with Gasteiger partial charge in [0, 0.05) is 30.9 Å². The average molecular weight is 285 g/mol. The molecule has 0 atom stereocenters. The van der Waals surface area contributed by atoms with Crippen molar-refractivity contribution in [3.8, 4) is 0 Å². The highest BCUT2D eigenvalue weighted by Gasteiger charge is 2.10. The molecule has 112 valence electrons. The lowest BCUT2D eigenvalue weighted by Gasteiger charge is -2.14. The van der Waals surface area contributed by atoms with Gasteiger partial charge in [-0.3, -0.25) is 4.79 Å². The van der Waals surface area contributed by atoms with Gasteiger partial charge in [-0.2, -0.15) is 0 Å². The van der Waals surface area contributed by atoms with E-state index in [1.54, 1.807) is 0 Å². The van der Waals surface area contributed by atoms with Gasteiger partial charge < -0.3 is 9.88 Å². The van der Waals surface area contributed by atoms with Gasteiger partial charge in [-0.05, 0) is 26.3 Å². The molecule has 0 aliphatic heterocycles. The van der Waals surface area contributed by atoms with Gasteiger partial charge in [0.2, 0.25) is 5.91 Å². The fraction of sp³-hybridized carbons (Fsp3) is 0.412. The molecule has 2 rings (SSSR count). The van der Waals surface area contributed by atoms with Crippen LogP contribution in [0.15, 0.2) is 36.5 Å². The van der Waals surface area contributed by atoms with Gasteiger partial charge in [0.05, 0.1) is 6.42 Å². The molecule has 1 aromatic carbocycles. The van der Waals surface area contributed by atoms with Crippen LogP contribution in [-0.2, 0) is 17.6 Å². The summed E-state index contributed by atoms with van der Waals surface area (Å²) in [4.78, 5) is 16.3. The SMILES string of the molecule is Cc1cnc(CCNC(=O)Cc2ccccc2)n1C(C)C. The zero-order valence-corrected chi connectivity index (χ0v) is 13.0. The predicted octanol–water partition coefficient (Wildman–Crippen LogP) is 2.67. The Hall–Kier alpha value is -2.10. The molecule has 0 radical (unpaired) electrons. The maximum atomic E-state index is 11.9. The summed E-state index contributed by atoms with van der Waals surface area (Å²) >= 11 is 0. The zero-order valence-electron chi connectivity index (χ0n) is 13.0. The van der Waals surface area contributed by atoms with Crippen LogP contribution in [0.5, 0.6) is 0 Å². The topological polar surface area (TPSA) is 46.9 Å². The van der Waals surface area contributed by atoms with Crippen molar-refractivity contribution >= 4 is 5.91 Å². The summed E-state index contributed by atoms with van der Waals surface area (Å²) in [6, 6.07) is 10.2. The maximum absolute atomic E-state index is 11.9. The first-order valence-corrected chi connectivity index (χ1v) is 7.41. The Bertz CT molecular complexity index is 587. The number of benzene rings is 1. The highest BCUT2D eigenvalue weighted by molar-refractivity contribution is 5.78. The number of hydrogen-bond acceptors (Lipinski definition) is 2. The minimum absolute atomic E-state index is 0.0561. The van der Waals surface area contributed by atoms with Crippen LogP contribution in [0.25, 0.3) is 0 Å². The van der Waals surface area contributed by atoms with Crippen molar-refractivity contribution < 1.29 is 4.79 Å². The first kappa shape index (κ1) is 15.3. The van der Waals surface area contributed by atoms with Gasteiger partial charge >= 0.3 is 0 Å². The van der Waals surface area contributed by atoms with Crippen LogP contribution in [0.2, 0.25) is 0 Å². The third kappa shape index (κ3) is 4.18. The van der Waals surface area contributed by atoms with Crippen molar-refractivity contribution in [2.24, 2.45) is 0 Å². The molecule has 0 bridgehead atoms. The minimum atomic E-state index is 0.0561. The number of aryl methyl sites for hydroxylation is 1. The van der Waals surface area contributed by atoms with E-state index in [9.17, 15) is 4.79 Å². The highest BCUT2D eigenvalue weighted by Crippen LogP contribution is 2.12. The predicted molar refractivity (Wildman–Crippen MR) is 84.2 cm³/mol. The van der Waals surface area contributed by atoms with E-state index >= 15 is 0 Å². The van der Waals surface area contributed by atoms with Crippen molar-refractivity contribution in [2.75, 3.05) is 6.54 Å². The molecule has 4 heteroatoms. The third-order valence-corrected chi connectivity index (χ3v) is 3.45. The lowest BCUT2D eigenvalue weighted by atomic mass is 10.1. The van der Waals surface area contributed by atoms with Crippen LogP contribution in [0, 0.1) is 6.92 Å². The molecule has 0 aliphatic rings. The molecule has 0 saturated carbocycles. The summed E-state index contributed by atoms with van der Waals surface area (Å²) in [5.41, 5.74) is 2.20. The second-order valence-electron chi connectivity index (χ2n) is 5.54. The van der Waals surface area contributed by atoms with Gasteiger partial charge in [0.1, 0.15) is 5.82 Å². The number of aromatic nitrogens is 2. The lowest BCUT2D eigenvalue weighted by molar-refractivity contribution is -0.120. The number of nitrogens with one attached hydrogen (secondary N) is 1. The van der Waals surface area contributed by atoms with E-state index in [4.69, 9.17) is 0 Å². The van der Waals surface area contributed by atoms with E-state index in [0.29, 0.717) is 19.0 Å². The number of rotatable bonds is 6. The number of hydrogen-bond donors (Lipinski definition) is 1. The van der Waals surface area contributed by atoms with E-state index in [2.05, 4.69) is 35.6 Å². The number of imidazole rings is 1. The summed E-state index contributed by atoms with van der Waals surface area (Å²) in [7, 11) is 0. The maximum Gasteiger partial charge on any atom is 0.224 e. The van der Waals surface area contributed by atoms with Crippen LogP contribution in [0.1, 0.15) is 37.0 Å². The quantitative estimate of drug-likeness (QED) is 0.887. The normalized spacial score (nSPS) is 10.9. The second-order valence-corrected chi connectivity index (χ2v) is 5.54. The van der Waals surface area contributed by atoms with E-state index in [0.717, 1.165) is 23.5 Å². The summed E-state index contributed by atoms with van der Waals surface area (Å²) < 4.78 is 2.21. The third-order valence-electron chi connectivity index (χ3n) is 3.45. The van der Waals surface area contributed by atoms with E-state index < -0.39 is 0 Å². The van der Waals surface area contributed by atoms with Crippen LogP contribution < -0.4 is 5.32 Å². The number of amides is 1. The molecule has 0 fully saturated rings. The Morgan fingerprint density at radius 3 is 2.67 bits per heavy atom. The number of nitrogens with zero attached hydrogens (tertiary/aromatic N) is 2. The summed E-state index contributed by atoms with van der Waals surface area (Å²) in [6.07, 6.45) is 3.08. The molecule has 0 aliphatic carbocycles. The van der Waals surface area contributed by atoms with Crippen LogP contribution in [0.3, 0.4) is 0 Å². The Labute approximate surface area is 126 Å². The van der Waals surface area contributed by atoms with Gasteiger partial charge in [0.15, 0.2) is 0 Å². The van der Waals surface area contributed by atoms with Crippen molar-refractivity contribution in [2.45, 2.75) is 39.7 Å². The van der Waals surface area contributed by atoms with Crippen molar-refractivity contribution in [3.63, 3.8) is 0 Å². The van der Waals surface area contributed by atoms with Crippen molar-refractivity contribution in [1.29, 1.82) is 0 Å². The standard InChI is InChI=1S/C17H23N3O/c1-13(2)20-14(3)12-19-16(20)9-10-18-17(21)11-15-7-5-4-6-8-15/h4-8,12-13H,9-11H2,1-3H3,(H,18,21). The van der Waals surface area contributed by atoms with E-state index in [1.165, 1.54) is 0 Å². The molecular formula is C17H23N3O. The summed E-state index contributed by atoms with van der Waals surface area (Å²) in [5.74, 6) is 1.09. The number of carbonyl (C=O) groups is 1. The molecular weight excluding hydrogens is 262 g/mol. The molecule has 1 heterocycles. The Morgan fingerprint density at radius 2 is 2.00 bits per heavy atom. The summed E-state index contributed by atoms with van der Waals surface area (Å²) in [5, 5.41) is 2.96. The van der Waals surface area contributed by atoms with Crippen LogP contribution in [-0.4, -0.2) is 22.0 Å².